The van der Waals surface area contributed by atoms with Gasteiger partial charge in [-0.05, 0) is 32.5 Å². The summed E-state index contributed by atoms with van der Waals surface area (Å²) in [5.74, 6) is 0.0271. The molecular formula is C20H26N6O3. The number of nitrogens with one attached hydrogen (secondary N) is 2. The van der Waals surface area contributed by atoms with Gasteiger partial charge in [0, 0.05) is 37.3 Å². The van der Waals surface area contributed by atoms with Crippen LogP contribution in [0.1, 0.15) is 34.6 Å². The molecule has 1 fully saturated rings. The average molecular weight is 398 g/mol. The molecule has 9 nitrogen and oxygen atoms in total. The van der Waals surface area contributed by atoms with Gasteiger partial charge >= 0.3 is 0 Å². The maximum atomic E-state index is 12.9. The Morgan fingerprint density at radius 2 is 2.14 bits per heavy atom. The number of likely N-dealkylation sites (tertiary alicyclic amines) is 1. The maximum absolute atomic E-state index is 12.9. The molecule has 4 heterocycles. The zero-order chi connectivity index (χ0) is 20.5. The topological polar surface area (TPSA) is 103 Å². The molecule has 0 unspecified atom stereocenters. The SMILES string of the molecule is CN(C)CC(=O)NC[C@H]1[C@H]2C[C@H](CN(C(=O)c3cnc[nH]3)C2)c2cccc(=O)n21. The largest absolute Gasteiger partial charge is 0.353 e. The Balaban J connectivity index is 1.61. The van der Waals surface area contributed by atoms with Gasteiger partial charge in [0.2, 0.25) is 5.91 Å². The number of carbonyl (C=O) groups excluding carboxylic acids is 2. The van der Waals surface area contributed by atoms with Crippen molar-refractivity contribution in [3.8, 4) is 0 Å². The third kappa shape index (κ3) is 3.82. The van der Waals surface area contributed by atoms with E-state index in [-0.39, 0.29) is 35.3 Å². The Labute approximate surface area is 168 Å². The summed E-state index contributed by atoms with van der Waals surface area (Å²) in [5, 5.41) is 2.97. The number of aromatic nitrogens is 3. The van der Waals surface area contributed by atoms with Crippen molar-refractivity contribution in [2.24, 2.45) is 5.92 Å². The van der Waals surface area contributed by atoms with Crippen LogP contribution in [-0.4, -0.2) is 76.4 Å². The molecular weight excluding hydrogens is 372 g/mol. The van der Waals surface area contributed by atoms with Crippen LogP contribution in [-0.2, 0) is 4.79 Å². The van der Waals surface area contributed by atoms with E-state index in [2.05, 4.69) is 15.3 Å². The summed E-state index contributed by atoms with van der Waals surface area (Å²) < 4.78 is 1.83. The smallest absolute Gasteiger partial charge is 0.271 e. The summed E-state index contributed by atoms with van der Waals surface area (Å²) in [5.41, 5.74) is 1.34. The molecule has 2 aliphatic heterocycles. The van der Waals surface area contributed by atoms with E-state index in [0.29, 0.717) is 31.9 Å². The van der Waals surface area contributed by atoms with Gasteiger partial charge < -0.3 is 24.7 Å². The predicted octanol–water partition coefficient (Wildman–Crippen LogP) is 0.0498. The molecule has 4 rings (SSSR count). The summed E-state index contributed by atoms with van der Waals surface area (Å²) >= 11 is 0. The molecule has 2 aromatic rings. The van der Waals surface area contributed by atoms with E-state index in [1.54, 1.807) is 17.0 Å². The van der Waals surface area contributed by atoms with Crippen molar-refractivity contribution in [2.75, 3.05) is 40.3 Å². The van der Waals surface area contributed by atoms with Crippen LogP contribution in [0.4, 0.5) is 0 Å². The number of rotatable bonds is 5. The summed E-state index contributed by atoms with van der Waals surface area (Å²) in [7, 11) is 3.68. The van der Waals surface area contributed by atoms with Crippen molar-refractivity contribution in [2.45, 2.75) is 18.4 Å². The minimum Gasteiger partial charge on any atom is -0.353 e. The van der Waals surface area contributed by atoms with Crippen LogP contribution in [0.2, 0.25) is 0 Å². The minimum absolute atomic E-state index is 0.0580. The van der Waals surface area contributed by atoms with E-state index in [0.717, 1.165) is 12.1 Å². The lowest BCUT2D eigenvalue weighted by Gasteiger charge is -2.46. The third-order valence-corrected chi connectivity index (χ3v) is 5.78. The zero-order valence-corrected chi connectivity index (χ0v) is 16.7. The Hall–Kier alpha value is -2.94. The van der Waals surface area contributed by atoms with Gasteiger partial charge in [0.25, 0.3) is 11.5 Å². The standard InChI is InChI=1S/C20H26N6O3/c1-24(2)11-18(27)22-8-17-14-6-13(16-4-3-5-19(28)26(16)17)9-25(10-14)20(29)15-7-21-12-23-15/h3-5,7,12-14,17H,6,8-11H2,1-2H3,(H,21,23)(H,22,27)/t13-,14+,17+/m1/s1. The fourth-order valence-corrected chi connectivity index (χ4v) is 4.58. The Morgan fingerprint density at radius 1 is 1.31 bits per heavy atom. The first kappa shape index (κ1) is 19.4. The molecule has 0 aliphatic carbocycles. The first-order chi connectivity index (χ1) is 13.9. The van der Waals surface area contributed by atoms with E-state index >= 15 is 0 Å². The summed E-state index contributed by atoms with van der Waals surface area (Å²) in [6, 6.07) is 5.11. The van der Waals surface area contributed by atoms with Gasteiger partial charge in [0.15, 0.2) is 0 Å². The molecule has 9 heteroatoms. The van der Waals surface area contributed by atoms with Crippen molar-refractivity contribution in [3.05, 3.63) is 52.5 Å². The number of fused-ring (bicyclic) bond motifs is 4. The minimum atomic E-state index is -0.182. The normalized spacial score (nSPS) is 23.0. The number of hydrogen-bond acceptors (Lipinski definition) is 5. The van der Waals surface area contributed by atoms with Crippen molar-refractivity contribution >= 4 is 11.8 Å². The lowest BCUT2D eigenvalue weighted by atomic mass is 9.78. The predicted molar refractivity (Wildman–Crippen MR) is 107 cm³/mol. The van der Waals surface area contributed by atoms with Gasteiger partial charge in [0.1, 0.15) is 5.69 Å². The molecule has 2 bridgehead atoms. The quantitative estimate of drug-likeness (QED) is 0.741. The highest BCUT2D eigenvalue weighted by Gasteiger charge is 2.42. The van der Waals surface area contributed by atoms with Crippen LogP contribution >= 0.6 is 0 Å². The van der Waals surface area contributed by atoms with Gasteiger partial charge in [-0.15, -0.1) is 0 Å². The van der Waals surface area contributed by atoms with Gasteiger partial charge in [-0.2, -0.15) is 0 Å². The van der Waals surface area contributed by atoms with Crippen molar-refractivity contribution in [1.82, 2.24) is 29.7 Å². The first-order valence-corrected chi connectivity index (χ1v) is 9.84. The molecule has 2 N–H and O–H groups in total. The second-order valence-electron chi connectivity index (χ2n) is 8.14. The average Bonchev–Trinajstić information content (AvgIpc) is 3.22. The molecule has 154 valence electrons. The van der Waals surface area contributed by atoms with Crippen LogP contribution in [0.25, 0.3) is 0 Å². The number of likely N-dealkylation sites (N-methyl/N-ethyl adjacent to an activating group) is 1. The highest BCUT2D eigenvalue weighted by Crippen LogP contribution is 2.41. The molecule has 2 aliphatic rings. The van der Waals surface area contributed by atoms with E-state index < -0.39 is 0 Å². The lowest BCUT2D eigenvalue weighted by Crippen LogP contribution is -2.53. The van der Waals surface area contributed by atoms with Crippen LogP contribution in [0, 0.1) is 5.92 Å². The molecule has 29 heavy (non-hydrogen) atoms. The number of piperidine rings is 1. The van der Waals surface area contributed by atoms with Crippen LogP contribution in [0.15, 0.2) is 35.5 Å². The lowest BCUT2D eigenvalue weighted by molar-refractivity contribution is -0.122. The summed E-state index contributed by atoms with van der Waals surface area (Å²) in [6.45, 7) is 1.77. The van der Waals surface area contributed by atoms with E-state index in [9.17, 15) is 14.4 Å². The number of nitrogens with zero attached hydrogens (tertiary/aromatic N) is 4. The molecule has 0 saturated carbocycles. The number of hydrogen-bond donors (Lipinski definition) is 2. The van der Waals surface area contributed by atoms with Crippen molar-refractivity contribution < 1.29 is 9.59 Å². The van der Waals surface area contributed by atoms with E-state index in [1.807, 2.05) is 29.6 Å². The monoisotopic (exact) mass is 398 g/mol. The Bertz CT molecular complexity index is 951. The molecule has 2 amide bonds. The third-order valence-electron chi connectivity index (χ3n) is 5.78. The number of carbonyl (C=O) groups is 2. The Morgan fingerprint density at radius 3 is 2.86 bits per heavy atom. The summed E-state index contributed by atoms with van der Waals surface area (Å²) in [4.78, 5) is 48.2. The number of imidazole rings is 1. The summed E-state index contributed by atoms with van der Waals surface area (Å²) in [6.07, 6.45) is 3.92. The number of H-pyrrole nitrogens is 1. The van der Waals surface area contributed by atoms with Crippen LogP contribution < -0.4 is 10.9 Å². The second-order valence-corrected chi connectivity index (χ2v) is 8.14. The molecule has 2 aromatic heterocycles. The van der Waals surface area contributed by atoms with E-state index in [4.69, 9.17) is 0 Å². The number of amides is 2. The first-order valence-electron chi connectivity index (χ1n) is 9.84. The van der Waals surface area contributed by atoms with Gasteiger partial charge in [-0.25, -0.2) is 4.98 Å². The van der Waals surface area contributed by atoms with Crippen molar-refractivity contribution in [3.63, 3.8) is 0 Å². The molecule has 0 radical (unpaired) electrons. The van der Waals surface area contributed by atoms with Gasteiger partial charge in [-0.1, -0.05) is 6.07 Å². The fraction of sp³-hybridized carbons (Fsp3) is 0.500. The van der Waals surface area contributed by atoms with E-state index in [1.165, 1.54) is 12.5 Å². The zero-order valence-electron chi connectivity index (χ0n) is 16.7. The number of pyridine rings is 1. The van der Waals surface area contributed by atoms with Gasteiger partial charge in [0.05, 0.1) is 25.1 Å². The van der Waals surface area contributed by atoms with Crippen molar-refractivity contribution in [1.29, 1.82) is 0 Å². The molecule has 0 spiro atoms. The number of aromatic amines is 1. The fourth-order valence-electron chi connectivity index (χ4n) is 4.58. The molecule has 3 atom stereocenters. The Kier molecular flexibility index (Phi) is 5.23. The highest BCUT2D eigenvalue weighted by molar-refractivity contribution is 5.92. The van der Waals surface area contributed by atoms with Crippen LogP contribution in [0.3, 0.4) is 0 Å². The molecule has 1 saturated heterocycles. The molecule has 0 aromatic carbocycles. The van der Waals surface area contributed by atoms with Crippen LogP contribution in [0.5, 0.6) is 0 Å². The highest BCUT2D eigenvalue weighted by atomic mass is 16.2. The van der Waals surface area contributed by atoms with Gasteiger partial charge in [-0.3, -0.25) is 14.4 Å². The second kappa shape index (κ2) is 7.82. The maximum Gasteiger partial charge on any atom is 0.271 e.